The second-order valence-electron chi connectivity index (χ2n) is 13.2. The minimum atomic E-state index is -0.920. The van der Waals surface area contributed by atoms with Gasteiger partial charge >= 0.3 is 0 Å². The second-order valence-corrected chi connectivity index (χ2v) is 13.2. The molecule has 0 fully saturated rings. The summed E-state index contributed by atoms with van der Waals surface area (Å²) in [5, 5.41) is 0. The Labute approximate surface area is 308 Å². The molecule has 0 unspecified atom stereocenters. The number of benzene rings is 8. The zero-order valence-corrected chi connectivity index (χ0v) is 28.8. The Bertz CT molecular complexity index is 2240. The van der Waals surface area contributed by atoms with Crippen LogP contribution in [0.25, 0.3) is 11.1 Å². The Morgan fingerprint density at radius 2 is 0.604 bits per heavy atom. The fourth-order valence-electron chi connectivity index (χ4n) is 7.97. The third kappa shape index (κ3) is 5.56. The Morgan fingerprint density at radius 3 is 0.906 bits per heavy atom. The first-order valence-corrected chi connectivity index (χ1v) is 17.7. The molecule has 4 heteroatoms. The topological polar surface area (TPSA) is 6.48 Å². The van der Waals surface area contributed by atoms with E-state index in [-0.39, 0.29) is 11.6 Å². The highest BCUT2D eigenvalue weighted by Gasteiger charge is 2.47. The van der Waals surface area contributed by atoms with Gasteiger partial charge in [0, 0.05) is 34.1 Å². The number of fused-ring (bicyclic) bond motifs is 3. The molecule has 53 heavy (non-hydrogen) atoms. The van der Waals surface area contributed by atoms with E-state index in [4.69, 9.17) is 0 Å². The molecule has 0 N–H and O–H groups in total. The van der Waals surface area contributed by atoms with Gasteiger partial charge in [0.25, 0.3) is 0 Å². The van der Waals surface area contributed by atoms with Gasteiger partial charge < -0.3 is 9.80 Å². The highest BCUT2D eigenvalue weighted by molar-refractivity contribution is 5.91. The molecule has 0 atom stereocenters. The van der Waals surface area contributed by atoms with Crippen LogP contribution in [-0.2, 0) is 5.41 Å². The molecule has 254 valence electrons. The maximum atomic E-state index is 14.8. The van der Waals surface area contributed by atoms with Gasteiger partial charge in [-0.3, -0.25) is 0 Å². The van der Waals surface area contributed by atoms with E-state index < -0.39 is 5.41 Å². The Balaban J connectivity index is 1.35. The average Bonchev–Trinajstić information content (AvgIpc) is 3.50. The van der Waals surface area contributed by atoms with Crippen molar-refractivity contribution >= 4 is 34.1 Å². The minimum absolute atomic E-state index is 0.317. The Hall–Kier alpha value is -6.78. The van der Waals surface area contributed by atoms with Crippen molar-refractivity contribution in [2.75, 3.05) is 9.80 Å². The first kappa shape index (κ1) is 32.1. The van der Waals surface area contributed by atoms with Crippen LogP contribution in [0.1, 0.15) is 22.3 Å². The largest absolute Gasteiger partial charge is 0.310 e. The van der Waals surface area contributed by atoms with Crippen LogP contribution in [0.2, 0.25) is 0 Å². The van der Waals surface area contributed by atoms with Gasteiger partial charge in [-0.25, -0.2) is 8.78 Å². The van der Waals surface area contributed by atoms with Gasteiger partial charge in [0.2, 0.25) is 0 Å². The molecule has 2 nitrogen and oxygen atoms in total. The predicted octanol–water partition coefficient (Wildman–Crippen LogP) is 13.3. The van der Waals surface area contributed by atoms with Crippen LogP contribution in [0, 0.1) is 11.6 Å². The van der Waals surface area contributed by atoms with Crippen LogP contribution in [0.15, 0.2) is 206 Å². The summed E-state index contributed by atoms with van der Waals surface area (Å²) in [6.45, 7) is 0. The molecule has 0 aliphatic heterocycles. The lowest BCUT2D eigenvalue weighted by Crippen LogP contribution is -2.29. The summed E-state index contributed by atoms with van der Waals surface area (Å²) in [6, 6.07) is 68.1. The molecule has 0 saturated carbocycles. The lowest BCUT2D eigenvalue weighted by Gasteiger charge is -2.35. The number of halogens is 2. The smallest absolute Gasteiger partial charge is 0.123 e. The fraction of sp³-hybridized carbons (Fsp3) is 0.0204. The van der Waals surface area contributed by atoms with Crippen molar-refractivity contribution in [3.63, 3.8) is 0 Å². The molecular formula is C49H34F2N2. The van der Waals surface area contributed by atoms with Crippen molar-refractivity contribution < 1.29 is 8.78 Å². The predicted molar refractivity (Wildman–Crippen MR) is 213 cm³/mol. The summed E-state index contributed by atoms with van der Waals surface area (Å²) in [4.78, 5) is 4.50. The van der Waals surface area contributed by atoms with E-state index in [0.29, 0.717) is 0 Å². The first-order chi connectivity index (χ1) is 26.1. The average molecular weight is 689 g/mol. The zero-order valence-electron chi connectivity index (χ0n) is 28.8. The standard InChI is InChI=1S/C49H34F2N2/c50-37-25-21-35(22-26-37)49(36-23-27-38(51)28-24-36)47-33-43(52(39-13-5-1-6-14-39)40-15-7-2-8-16-40)29-31-45(47)46-32-30-44(34-48(46)49)53(41-17-9-3-10-18-41)42-19-11-4-12-20-42/h1-34H. The van der Waals surface area contributed by atoms with Crippen molar-refractivity contribution in [3.8, 4) is 11.1 Å². The maximum Gasteiger partial charge on any atom is 0.123 e. The van der Waals surface area contributed by atoms with E-state index >= 15 is 0 Å². The number of hydrogen-bond donors (Lipinski definition) is 0. The zero-order chi connectivity index (χ0) is 35.8. The van der Waals surface area contributed by atoms with Gasteiger partial charge in [0.05, 0.1) is 5.41 Å². The monoisotopic (exact) mass is 688 g/mol. The van der Waals surface area contributed by atoms with Crippen LogP contribution in [0.5, 0.6) is 0 Å². The molecule has 8 aromatic carbocycles. The molecule has 0 aromatic heterocycles. The molecule has 0 spiro atoms. The van der Waals surface area contributed by atoms with Crippen molar-refractivity contribution in [2.24, 2.45) is 0 Å². The van der Waals surface area contributed by atoms with Crippen molar-refractivity contribution in [1.29, 1.82) is 0 Å². The van der Waals surface area contributed by atoms with Gasteiger partial charge in [-0.2, -0.15) is 0 Å². The molecule has 8 aromatic rings. The van der Waals surface area contributed by atoms with Crippen LogP contribution in [-0.4, -0.2) is 0 Å². The highest BCUT2D eigenvalue weighted by atomic mass is 19.1. The minimum Gasteiger partial charge on any atom is -0.310 e. The maximum absolute atomic E-state index is 14.8. The van der Waals surface area contributed by atoms with E-state index in [1.165, 1.54) is 24.3 Å². The Kier molecular flexibility index (Phi) is 8.13. The number of anilines is 6. The summed E-state index contributed by atoms with van der Waals surface area (Å²) in [5.74, 6) is -0.634. The van der Waals surface area contributed by atoms with Crippen LogP contribution >= 0.6 is 0 Å². The van der Waals surface area contributed by atoms with E-state index in [0.717, 1.165) is 67.5 Å². The molecular weight excluding hydrogens is 655 g/mol. The fourth-order valence-corrected chi connectivity index (χ4v) is 7.97. The second kappa shape index (κ2) is 13.4. The van der Waals surface area contributed by atoms with Gasteiger partial charge in [0.1, 0.15) is 11.6 Å². The molecule has 0 heterocycles. The molecule has 9 rings (SSSR count). The third-order valence-corrected chi connectivity index (χ3v) is 10.2. The molecule has 0 amide bonds. The van der Waals surface area contributed by atoms with E-state index in [1.54, 1.807) is 0 Å². The molecule has 1 aliphatic carbocycles. The number of nitrogens with zero attached hydrogens (tertiary/aromatic N) is 2. The lowest BCUT2D eigenvalue weighted by atomic mass is 9.67. The highest BCUT2D eigenvalue weighted by Crippen LogP contribution is 2.58. The molecule has 1 aliphatic rings. The number of para-hydroxylation sites is 4. The number of rotatable bonds is 8. The van der Waals surface area contributed by atoms with Crippen LogP contribution in [0.3, 0.4) is 0 Å². The van der Waals surface area contributed by atoms with E-state index in [1.807, 2.05) is 97.1 Å². The first-order valence-electron chi connectivity index (χ1n) is 17.7. The summed E-state index contributed by atoms with van der Waals surface area (Å²) >= 11 is 0. The van der Waals surface area contributed by atoms with Gasteiger partial charge in [0.15, 0.2) is 0 Å². The van der Waals surface area contributed by atoms with Gasteiger partial charge in [-0.1, -0.05) is 109 Å². The van der Waals surface area contributed by atoms with Crippen molar-refractivity contribution in [1.82, 2.24) is 0 Å². The van der Waals surface area contributed by atoms with E-state index in [2.05, 4.69) is 94.7 Å². The molecule has 0 saturated heterocycles. The summed E-state index contributed by atoms with van der Waals surface area (Å²) in [6.07, 6.45) is 0. The lowest BCUT2D eigenvalue weighted by molar-refractivity contribution is 0.622. The number of hydrogen-bond acceptors (Lipinski definition) is 2. The third-order valence-electron chi connectivity index (χ3n) is 10.2. The SMILES string of the molecule is Fc1ccc(C2(c3ccc(F)cc3)c3cc(N(c4ccccc4)c4ccccc4)ccc3-c3ccc(N(c4ccccc4)c4ccccc4)cc32)cc1. The van der Waals surface area contributed by atoms with Crippen molar-refractivity contribution in [3.05, 3.63) is 240 Å². The normalized spacial score (nSPS) is 12.5. The summed E-state index contributed by atoms with van der Waals surface area (Å²) in [5.41, 5.74) is 11.1. The van der Waals surface area contributed by atoms with Crippen molar-refractivity contribution in [2.45, 2.75) is 5.41 Å². The van der Waals surface area contributed by atoms with Gasteiger partial charge in [-0.15, -0.1) is 0 Å². The van der Waals surface area contributed by atoms with Gasteiger partial charge in [-0.05, 0) is 130 Å². The summed E-state index contributed by atoms with van der Waals surface area (Å²) in [7, 11) is 0. The molecule has 0 radical (unpaired) electrons. The Morgan fingerprint density at radius 1 is 0.302 bits per heavy atom. The van der Waals surface area contributed by atoms with Crippen LogP contribution < -0.4 is 9.80 Å². The summed E-state index contributed by atoms with van der Waals surface area (Å²) < 4.78 is 29.5. The molecule has 0 bridgehead atoms. The quantitative estimate of drug-likeness (QED) is 0.157. The van der Waals surface area contributed by atoms with E-state index in [9.17, 15) is 8.78 Å². The van der Waals surface area contributed by atoms with Crippen LogP contribution in [0.4, 0.5) is 42.9 Å².